The number of anilines is 2. The van der Waals surface area contributed by atoms with Crippen molar-refractivity contribution in [1.82, 2.24) is 4.90 Å². The van der Waals surface area contributed by atoms with Crippen molar-refractivity contribution in [3.63, 3.8) is 0 Å². The summed E-state index contributed by atoms with van der Waals surface area (Å²) in [5, 5.41) is 19.9. The molecule has 7 nitrogen and oxygen atoms in total. The number of allylic oxidation sites excluding steroid dienone is 6. The van der Waals surface area contributed by atoms with Gasteiger partial charge in [0.05, 0.1) is 11.5 Å². The van der Waals surface area contributed by atoms with Crippen LogP contribution in [-0.2, 0) is 26.5 Å². The first-order valence-corrected chi connectivity index (χ1v) is 25.2. The molecule has 3 heterocycles. The fourth-order valence-corrected chi connectivity index (χ4v) is 11.9. The van der Waals surface area contributed by atoms with Crippen LogP contribution in [0.1, 0.15) is 161 Å². The van der Waals surface area contributed by atoms with E-state index in [0.717, 1.165) is 58.0 Å². The van der Waals surface area contributed by atoms with Crippen molar-refractivity contribution in [2.24, 2.45) is 0 Å². The van der Waals surface area contributed by atoms with Gasteiger partial charge in [0.25, 0.3) is 0 Å². The molecule has 2 N–H and O–H groups in total. The molecule has 350 valence electrons. The molecule has 0 saturated carbocycles. The molecule has 7 heteroatoms. The number of likely N-dealkylation sites (tertiary alicyclic amines) is 1. The van der Waals surface area contributed by atoms with E-state index in [1.54, 1.807) is 0 Å². The molecule has 3 aromatic carbocycles. The van der Waals surface area contributed by atoms with Crippen molar-refractivity contribution in [3.05, 3.63) is 112 Å². The van der Waals surface area contributed by atoms with Gasteiger partial charge in [-0.3, -0.25) is 4.79 Å². The summed E-state index contributed by atoms with van der Waals surface area (Å²) in [7, 11) is 4.23. The predicted molar refractivity (Wildman–Crippen MR) is 273 cm³/mol. The van der Waals surface area contributed by atoms with Crippen molar-refractivity contribution in [3.8, 4) is 11.1 Å². The summed E-state index contributed by atoms with van der Waals surface area (Å²) >= 11 is 0. The van der Waals surface area contributed by atoms with Crippen LogP contribution in [0.2, 0.25) is 0 Å². The van der Waals surface area contributed by atoms with E-state index in [0.29, 0.717) is 38.8 Å². The van der Waals surface area contributed by atoms with Gasteiger partial charge in [0.1, 0.15) is 0 Å². The second kappa shape index (κ2) is 19.4. The van der Waals surface area contributed by atoms with E-state index in [-0.39, 0.29) is 40.3 Å². The Balaban J connectivity index is 1.24. The lowest BCUT2D eigenvalue weighted by molar-refractivity contribution is -0.438. The van der Waals surface area contributed by atoms with Gasteiger partial charge in [0.2, 0.25) is 11.6 Å². The van der Waals surface area contributed by atoms with E-state index >= 15 is 0 Å². The van der Waals surface area contributed by atoms with Crippen LogP contribution in [0.4, 0.5) is 17.1 Å². The maximum Gasteiger partial charge on any atom is 0.222 e. The Morgan fingerprint density at radius 1 is 0.800 bits per heavy atom. The lowest BCUT2D eigenvalue weighted by atomic mass is 9.73. The highest BCUT2D eigenvalue weighted by atomic mass is 16.3. The van der Waals surface area contributed by atoms with Gasteiger partial charge in [-0.1, -0.05) is 105 Å². The molecule has 3 aromatic rings. The van der Waals surface area contributed by atoms with E-state index in [1.807, 2.05) is 4.90 Å². The molecule has 4 aliphatic rings. The third kappa shape index (κ3) is 8.82. The molecule has 1 aliphatic carbocycles. The molecule has 65 heavy (non-hydrogen) atoms. The third-order valence-electron chi connectivity index (χ3n) is 16.1. The SMILES string of the molecule is CCC1(CC)C(/C=C/C=C/C=C2/N(CCCCCC(=O)N3CCC(O)CC3)c3cc4c(cc3C2(CC)CC)-c2cc(C(C)(C)C)ccc2C4(C)C)=[N+](CCCO)c2ccc(N(C)C)cc21. The van der Waals surface area contributed by atoms with E-state index < -0.39 is 0 Å². The summed E-state index contributed by atoms with van der Waals surface area (Å²) in [6.07, 6.45) is 20.7. The molecule has 0 atom stereocenters. The van der Waals surface area contributed by atoms with Gasteiger partial charge >= 0.3 is 0 Å². The van der Waals surface area contributed by atoms with Gasteiger partial charge in [0, 0.05) is 98.8 Å². The van der Waals surface area contributed by atoms with Gasteiger partial charge in [-0.2, -0.15) is 4.58 Å². The van der Waals surface area contributed by atoms with Gasteiger partial charge in [0.15, 0.2) is 12.3 Å². The Morgan fingerprint density at radius 2 is 1.49 bits per heavy atom. The normalized spacial score (nSPS) is 19.2. The Morgan fingerprint density at radius 3 is 2.14 bits per heavy atom. The van der Waals surface area contributed by atoms with Crippen molar-refractivity contribution < 1.29 is 19.6 Å². The first-order valence-electron chi connectivity index (χ1n) is 25.2. The molecular formula is C58H81N4O3+. The second-order valence-electron chi connectivity index (χ2n) is 21.2. The molecule has 0 unspecified atom stereocenters. The number of nitrogens with zero attached hydrogens (tertiary/aromatic N) is 4. The third-order valence-corrected chi connectivity index (χ3v) is 16.1. The fourth-order valence-electron chi connectivity index (χ4n) is 11.9. The van der Waals surface area contributed by atoms with Crippen LogP contribution in [0.15, 0.2) is 84.6 Å². The molecule has 1 saturated heterocycles. The predicted octanol–water partition coefficient (Wildman–Crippen LogP) is 12.0. The standard InChI is InChI=1S/C58H81N4O3/c1-12-57(13-2)48-38-42(59(10)11)27-29-50(48)61(33-22-36-63)52(57)23-18-16-19-24-53-58(14-3,15-4)49-39-45-44-37-41(55(5,6)7)26-28-46(44)56(8,9)47(45)40-51(49)62(53)32-21-17-20-25-54(65)60-34-30-43(64)31-35-60/h16,18-19,23-24,26-29,37-40,43,63-64H,12-15,17,20-22,25,30-36H2,1-11H3/q+1. The van der Waals surface area contributed by atoms with Crippen molar-refractivity contribution in [2.45, 2.75) is 161 Å². The van der Waals surface area contributed by atoms with Crippen LogP contribution in [0.3, 0.4) is 0 Å². The maximum atomic E-state index is 13.1. The van der Waals surface area contributed by atoms with Gasteiger partial charge in [-0.05, 0) is 121 Å². The van der Waals surface area contributed by atoms with Crippen molar-refractivity contribution in [1.29, 1.82) is 0 Å². The summed E-state index contributed by atoms with van der Waals surface area (Å²) in [6, 6.07) is 19.2. The largest absolute Gasteiger partial charge is 0.396 e. The number of amides is 1. The Hall–Kier alpha value is -4.46. The molecular weight excluding hydrogens is 801 g/mol. The van der Waals surface area contributed by atoms with E-state index in [2.05, 4.69) is 170 Å². The van der Waals surface area contributed by atoms with Crippen LogP contribution in [0.5, 0.6) is 0 Å². The molecule has 0 bridgehead atoms. The zero-order chi connectivity index (χ0) is 46.9. The minimum atomic E-state index is -0.272. The number of aliphatic hydroxyl groups is 2. The quantitative estimate of drug-likeness (QED) is 0.0803. The number of benzene rings is 3. The molecule has 0 radical (unpaired) electrons. The number of carbonyl (C=O) groups excluding carboxylic acids is 1. The Labute approximate surface area is 392 Å². The average Bonchev–Trinajstić information content (AvgIpc) is 3.80. The number of piperidine rings is 1. The van der Waals surface area contributed by atoms with Gasteiger partial charge in [-0.25, -0.2) is 0 Å². The second-order valence-corrected chi connectivity index (χ2v) is 21.2. The van der Waals surface area contributed by atoms with E-state index in [4.69, 9.17) is 0 Å². The highest BCUT2D eigenvalue weighted by Crippen LogP contribution is 2.58. The maximum absolute atomic E-state index is 13.1. The zero-order valence-electron chi connectivity index (χ0n) is 42.0. The first-order chi connectivity index (χ1) is 31.0. The fraction of sp³-hybridized carbons (Fsp3) is 0.552. The Kier molecular flexibility index (Phi) is 14.5. The minimum Gasteiger partial charge on any atom is -0.396 e. The number of unbranched alkanes of at least 4 members (excludes halogenated alkanes) is 2. The number of aliphatic hydroxyl groups excluding tert-OH is 2. The summed E-state index contributed by atoms with van der Waals surface area (Å²) in [5.41, 5.74) is 16.0. The summed E-state index contributed by atoms with van der Waals surface area (Å²) < 4.78 is 2.46. The van der Waals surface area contributed by atoms with Crippen molar-refractivity contribution in [2.75, 3.05) is 56.7 Å². The number of rotatable bonds is 17. The molecule has 0 aromatic heterocycles. The monoisotopic (exact) mass is 882 g/mol. The summed E-state index contributed by atoms with van der Waals surface area (Å²) in [6.45, 7) is 24.3. The zero-order valence-corrected chi connectivity index (χ0v) is 42.0. The van der Waals surface area contributed by atoms with Crippen LogP contribution >= 0.6 is 0 Å². The lowest BCUT2D eigenvalue weighted by Crippen LogP contribution is -2.39. The van der Waals surface area contributed by atoms with E-state index in [9.17, 15) is 15.0 Å². The van der Waals surface area contributed by atoms with Crippen LogP contribution in [0, 0.1) is 0 Å². The Bertz CT molecular complexity index is 2340. The molecule has 7 rings (SSSR count). The average molecular weight is 882 g/mol. The molecule has 1 amide bonds. The minimum absolute atomic E-state index is 0.0613. The van der Waals surface area contributed by atoms with Gasteiger partial charge in [-0.15, -0.1) is 0 Å². The number of hydrogen-bond donors (Lipinski definition) is 2. The molecule has 1 fully saturated rings. The number of fused-ring (bicyclic) bond motifs is 5. The van der Waals surface area contributed by atoms with Crippen LogP contribution in [0.25, 0.3) is 11.1 Å². The highest BCUT2D eigenvalue weighted by molar-refractivity contribution is 6.04. The first kappa shape index (κ1) is 48.5. The van der Waals surface area contributed by atoms with Crippen LogP contribution < -0.4 is 9.80 Å². The number of hydrogen-bond acceptors (Lipinski definition) is 5. The lowest BCUT2D eigenvalue weighted by Gasteiger charge is -2.32. The highest BCUT2D eigenvalue weighted by Gasteiger charge is 2.50. The molecule has 3 aliphatic heterocycles. The number of carbonyl (C=O) groups is 1. The van der Waals surface area contributed by atoms with Crippen LogP contribution in [-0.4, -0.2) is 84.3 Å². The summed E-state index contributed by atoms with van der Waals surface area (Å²) in [5.74, 6) is 0.231. The topological polar surface area (TPSA) is 70.3 Å². The van der Waals surface area contributed by atoms with Crippen molar-refractivity contribution >= 4 is 28.7 Å². The van der Waals surface area contributed by atoms with Gasteiger partial charge < -0.3 is 24.9 Å². The molecule has 0 spiro atoms. The smallest absolute Gasteiger partial charge is 0.222 e. The van der Waals surface area contributed by atoms with E-state index in [1.165, 1.54) is 67.4 Å². The summed E-state index contributed by atoms with van der Waals surface area (Å²) in [4.78, 5) is 19.9.